The van der Waals surface area contributed by atoms with Crippen LogP contribution in [0.4, 0.5) is 14.5 Å². The third-order valence-electron chi connectivity index (χ3n) is 4.52. The fourth-order valence-corrected chi connectivity index (χ4v) is 3.25. The van der Waals surface area contributed by atoms with Gasteiger partial charge in [0.25, 0.3) is 11.8 Å². The number of nitrogens with zero attached hydrogens (tertiary/aromatic N) is 3. The number of benzene rings is 1. The van der Waals surface area contributed by atoms with Gasteiger partial charge in [0.1, 0.15) is 6.04 Å². The van der Waals surface area contributed by atoms with Gasteiger partial charge in [0.15, 0.2) is 0 Å². The molecule has 28 heavy (non-hydrogen) atoms. The molecule has 146 valence electrons. The van der Waals surface area contributed by atoms with E-state index in [9.17, 15) is 18.4 Å². The number of carbonyl (C=O) groups excluding carboxylic acids is 2. The second kappa shape index (κ2) is 7.76. The first kappa shape index (κ1) is 19.5. The second-order valence-electron chi connectivity index (χ2n) is 6.50. The van der Waals surface area contributed by atoms with Crippen molar-refractivity contribution in [3.63, 3.8) is 0 Å². The van der Waals surface area contributed by atoms with E-state index in [4.69, 9.17) is 5.26 Å². The van der Waals surface area contributed by atoms with Gasteiger partial charge in [-0.2, -0.15) is 5.26 Å². The van der Waals surface area contributed by atoms with Crippen molar-refractivity contribution >= 4 is 28.4 Å². The molecular formula is C19H19F2N5O2. The number of amides is 2. The van der Waals surface area contributed by atoms with Crippen LogP contribution in [0.3, 0.4) is 0 Å². The summed E-state index contributed by atoms with van der Waals surface area (Å²) in [5.74, 6) is -4.33. The summed E-state index contributed by atoms with van der Waals surface area (Å²) in [5, 5.41) is 15.2. The molecule has 0 aliphatic carbocycles. The molecule has 1 fully saturated rings. The molecule has 7 nitrogen and oxygen atoms in total. The molecule has 1 aromatic heterocycles. The van der Waals surface area contributed by atoms with E-state index >= 15 is 0 Å². The van der Waals surface area contributed by atoms with E-state index in [2.05, 4.69) is 15.6 Å². The molecule has 1 atom stereocenters. The number of hydrogen-bond donors (Lipinski definition) is 2. The van der Waals surface area contributed by atoms with Gasteiger partial charge < -0.3 is 15.5 Å². The van der Waals surface area contributed by atoms with Crippen LogP contribution in [0.15, 0.2) is 30.5 Å². The van der Waals surface area contributed by atoms with E-state index in [1.165, 1.54) is 12.3 Å². The molecule has 2 amide bonds. The van der Waals surface area contributed by atoms with Crippen molar-refractivity contribution in [3.8, 4) is 6.07 Å². The molecule has 0 unspecified atom stereocenters. The summed E-state index contributed by atoms with van der Waals surface area (Å²) >= 11 is 0. The number of aromatic nitrogens is 1. The van der Waals surface area contributed by atoms with Crippen molar-refractivity contribution in [2.75, 3.05) is 25.0 Å². The largest absolute Gasteiger partial charge is 0.384 e. The fraction of sp³-hybridized carbons (Fsp3) is 0.368. The molecule has 2 aromatic rings. The lowest BCUT2D eigenvalue weighted by molar-refractivity contribution is -0.131. The zero-order valence-electron chi connectivity index (χ0n) is 15.2. The number of hydrogen-bond acceptors (Lipinski definition) is 5. The minimum Gasteiger partial charge on any atom is -0.384 e. The van der Waals surface area contributed by atoms with Gasteiger partial charge in [-0.05, 0) is 19.1 Å². The maximum atomic E-state index is 13.5. The maximum Gasteiger partial charge on any atom is 0.268 e. The number of nitrogens with one attached hydrogen (secondary N) is 2. The lowest BCUT2D eigenvalue weighted by Gasteiger charge is -2.19. The summed E-state index contributed by atoms with van der Waals surface area (Å²) in [7, 11) is 0. The Labute approximate surface area is 160 Å². The zero-order chi connectivity index (χ0) is 20.3. The Balaban J connectivity index is 1.75. The van der Waals surface area contributed by atoms with Crippen LogP contribution in [0.5, 0.6) is 0 Å². The smallest absolute Gasteiger partial charge is 0.268 e. The second-order valence-corrected chi connectivity index (χ2v) is 6.50. The monoisotopic (exact) mass is 387 g/mol. The van der Waals surface area contributed by atoms with Gasteiger partial charge in [-0.15, -0.1) is 0 Å². The number of pyridine rings is 1. The summed E-state index contributed by atoms with van der Waals surface area (Å²) < 4.78 is 27.0. The number of alkyl halides is 2. The molecular weight excluding hydrogens is 368 g/mol. The molecule has 0 bridgehead atoms. The molecule has 9 heteroatoms. The summed E-state index contributed by atoms with van der Waals surface area (Å²) in [6, 6.07) is 7.42. The van der Waals surface area contributed by atoms with E-state index in [0.717, 1.165) is 10.6 Å². The third kappa shape index (κ3) is 3.86. The van der Waals surface area contributed by atoms with Crippen molar-refractivity contribution < 1.29 is 18.4 Å². The van der Waals surface area contributed by atoms with Gasteiger partial charge in [0, 0.05) is 24.5 Å². The standard InChI is InChI=1S/C19H19F2N5O2/c1-2-23-15-5-3-4-13-14(6-7-24-17(13)15)18(28)25-10-16(27)26-11-19(20,21)8-12(26)9-22/h3-7,12,23H,2,8,10-11H2,1H3,(H,25,28)/t12-/m0/s1. The fourth-order valence-electron chi connectivity index (χ4n) is 3.25. The quantitative estimate of drug-likeness (QED) is 0.819. The van der Waals surface area contributed by atoms with Gasteiger partial charge in [-0.1, -0.05) is 12.1 Å². The van der Waals surface area contributed by atoms with Crippen molar-refractivity contribution in [3.05, 3.63) is 36.0 Å². The summed E-state index contributed by atoms with van der Waals surface area (Å²) in [6.45, 7) is 1.34. The molecule has 1 aromatic carbocycles. The van der Waals surface area contributed by atoms with E-state index in [-0.39, 0.29) is 0 Å². The van der Waals surface area contributed by atoms with E-state index < -0.39 is 43.3 Å². The Morgan fingerprint density at radius 2 is 2.18 bits per heavy atom. The SMILES string of the molecule is CCNc1cccc2c(C(=O)NCC(=O)N3CC(F)(F)C[C@H]3C#N)ccnc12. The van der Waals surface area contributed by atoms with Crippen molar-refractivity contribution in [2.24, 2.45) is 0 Å². The Bertz CT molecular complexity index is 957. The van der Waals surface area contributed by atoms with Crippen molar-refractivity contribution in [1.29, 1.82) is 5.26 Å². The molecule has 3 rings (SSSR count). The molecule has 2 heterocycles. The van der Waals surface area contributed by atoms with Gasteiger partial charge in [-0.3, -0.25) is 14.6 Å². The Hall–Kier alpha value is -3.28. The van der Waals surface area contributed by atoms with Crippen LogP contribution in [0.1, 0.15) is 23.7 Å². The predicted molar refractivity (Wildman–Crippen MR) is 98.9 cm³/mol. The Morgan fingerprint density at radius 1 is 1.39 bits per heavy atom. The molecule has 1 saturated heterocycles. The number of anilines is 1. The van der Waals surface area contributed by atoms with Crippen molar-refractivity contribution in [1.82, 2.24) is 15.2 Å². The van der Waals surface area contributed by atoms with Crippen LogP contribution in [0.2, 0.25) is 0 Å². The van der Waals surface area contributed by atoms with Gasteiger partial charge in [0.05, 0.1) is 35.9 Å². The van der Waals surface area contributed by atoms with Crippen molar-refractivity contribution in [2.45, 2.75) is 25.3 Å². The van der Waals surface area contributed by atoms with Gasteiger partial charge in [-0.25, -0.2) is 8.78 Å². The lowest BCUT2D eigenvalue weighted by atomic mass is 10.1. The molecule has 2 N–H and O–H groups in total. The molecule has 1 aliphatic heterocycles. The van der Waals surface area contributed by atoms with Crippen LogP contribution in [0.25, 0.3) is 10.9 Å². The van der Waals surface area contributed by atoms with E-state index in [1.807, 2.05) is 13.0 Å². The Kier molecular flexibility index (Phi) is 5.40. The zero-order valence-corrected chi connectivity index (χ0v) is 15.2. The van der Waals surface area contributed by atoms with E-state index in [1.54, 1.807) is 18.2 Å². The number of carbonyl (C=O) groups is 2. The van der Waals surface area contributed by atoms with E-state index in [0.29, 0.717) is 23.0 Å². The average molecular weight is 387 g/mol. The average Bonchev–Trinajstić information content (AvgIpc) is 3.00. The molecule has 0 spiro atoms. The Morgan fingerprint density at radius 3 is 2.89 bits per heavy atom. The number of nitriles is 1. The van der Waals surface area contributed by atoms with Crippen LogP contribution >= 0.6 is 0 Å². The van der Waals surface area contributed by atoms with Crippen LogP contribution in [0, 0.1) is 11.3 Å². The number of halogens is 2. The number of fused-ring (bicyclic) bond motifs is 1. The van der Waals surface area contributed by atoms with Gasteiger partial charge >= 0.3 is 0 Å². The lowest BCUT2D eigenvalue weighted by Crippen LogP contribution is -2.43. The minimum absolute atomic E-state index is 0.320. The molecule has 1 aliphatic rings. The van der Waals surface area contributed by atoms with Crippen LogP contribution in [-0.4, -0.2) is 53.3 Å². The normalized spacial score (nSPS) is 17.9. The highest BCUT2D eigenvalue weighted by molar-refractivity contribution is 6.09. The first-order valence-electron chi connectivity index (χ1n) is 8.83. The van der Waals surface area contributed by atoms with Gasteiger partial charge in [0.2, 0.25) is 5.91 Å². The molecule has 0 saturated carbocycles. The maximum absolute atomic E-state index is 13.5. The topological polar surface area (TPSA) is 98.1 Å². The highest BCUT2D eigenvalue weighted by Gasteiger charge is 2.47. The highest BCUT2D eigenvalue weighted by atomic mass is 19.3. The summed E-state index contributed by atoms with van der Waals surface area (Å²) in [4.78, 5) is 29.9. The number of para-hydroxylation sites is 1. The third-order valence-corrected chi connectivity index (χ3v) is 4.52. The first-order valence-corrected chi connectivity index (χ1v) is 8.83. The van der Waals surface area contributed by atoms with Crippen LogP contribution in [-0.2, 0) is 4.79 Å². The first-order chi connectivity index (χ1) is 13.4. The molecule has 0 radical (unpaired) electrons. The number of likely N-dealkylation sites (tertiary alicyclic amines) is 1. The predicted octanol–water partition coefficient (Wildman–Crippen LogP) is 2.16. The number of rotatable bonds is 5. The summed E-state index contributed by atoms with van der Waals surface area (Å²) in [6.07, 6.45) is 0.804. The summed E-state index contributed by atoms with van der Waals surface area (Å²) in [5.41, 5.74) is 1.72. The van der Waals surface area contributed by atoms with Crippen LogP contribution < -0.4 is 10.6 Å². The highest BCUT2D eigenvalue weighted by Crippen LogP contribution is 2.31. The minimum atomic E-state index is -3.09.